The maximum absolute atomic E-state index is 13.1. The van der Waals surface area contributed by atoms with Crippen LogP contribution >= 0.6 is 0 Å². The highest BCUT2D eigenvalue weighted by Gasteiger charge is 2.14. The molecule has 5 nitrogen and oxygen atoms in total. The van der Waals surface area contributed by atoms with E-state index in [1.807, 2.05) is 0 Å². The number of methoxy groups -OCH3 is 1. The number of nitrogens with zero attached hydrogens (tertiary/aromatic N) is 2. The molecule has 0 radical (unpaired) electrons. The lowest BCUT2D eigenvalue weighted by Gasteiger charge is -2.06. The fourth-order valence-corrected chi connectivity index (χ4v) is 1.61. The summed E-state index contributed by atoms with van der Waals surface area (Å²) < 4.78 is 19.5. The van der Waals surface area contributed by atoms with Gasteiger partial charge in [-0.3, -0.25) is 0 Å². The number of benzene rings is 1. The Hall–Kier alpha value is -2.21. The maximum Gasteiger partial charge on any atom is 0.356 e. The molecule has 1 heterocycles. The van der Waals surface area contributed by atoms with Crippen LogP contribution < -0.4 is 0 Å². The van der Waals surface area contributed by atoms with Gasteiger partial charge in [-0.15, -0.1) is 0 Å². The first-order chi connectivity index (χ1) is 8.61. The highest BCUT2D eigenvalue weighted by molar-refractivity contribution is 5.85. The first kappa shape index (κ1) is 12.3. The molecule has 1 aromatic carbocycles. The summed E-state index contributed by atoms with van der Waals surface area (Å²) in [5.74, 6) is -1.55. The number of aromatic carboxylic acids is 1. The third kappa shape index (κ3) is 2.38. The van der Waals surface area contributed by atoms with Gasteiger partial charge in [-0.2, -0.15) is 5.10 Å². The first-order valence-corrected chi connectivity index (χ1v) is 5.19. The summed E-state index contributed by atoms with van der Waals surface area (Å²) >= 11 is 0. The largest absolute Gasteiger partial charge is 0.476 e. The van der Waals surface area contributed by atoms with Gasteiger partial charge in [0.1, 0.15) is 5.82 Å². The van der Waals surface area contributed by atoms with Gasteiger partial charge in [-0.1, -0.05) is 6.07 Å². The van der Waals surface area contributed by atoms with Crippen molar-refractivity contribution in [2.24, 2.45) is 0 Å². The molecule has 0 bridgehead atoms. The normalized spacial score (nSPS) is 10.6. The van der Waals surface area contributed by atoms with Crippen LogP contribution in [0, 0.1) is 5.82 Å². The van der Waals surface area contributed by atoms with Crippen molar-refractivity contribution in [3.63, 3.8) is 0 Å². The summed E-state index contributed by atoms with van der Waals surface area (Å²) in [7, 11) is 1.49. The molecule has 6 heteroatoms. The number of ether oxygens (including phenoxy) is 1. The molecule has 94 valence electrons. The van der Waals surface area contributed by atoms with Gasteiger partial charge in [0, 0.05) is 7.11 Å². The Balaban J connectivity index is 2.51. The predicted molar refractivity (Wildman–Crippen MR) is 61.2 cm³/mol. The van der Waals surface area contributed by atoms with E-state index in [9.17, 15) is 9.18 Å². The smallest absolute Gasteiger partial charge is 0.356 e. The third-order valence-corrected chi connectivity index (χ3v) is 2.35. The van der Waals surface area contributed by atoms with Gasteiger partial charge in [0.05, 0.1) is 18.0 Å². The Kier molecular flexibility index (Phi) is 3.38. The SMILES string of the molecule is COCc1cc(C(=O)O)nn1-c1cccc(F)c1. The molecule has 1 N–H and O–H groups in total. The molecule has 0 aliphatic heterocycles. The Morgan fingerprint density at radius 3 is 2.89 bits per heavy atom. The van der Waals surface area contributed by atoms with Crippen molar-refractivity contribution >= 4 is 5.97 Å². The standard InChI is InChI=1S/C12H11FN2O3/c1-18-7-10-6-11(12(16)17)14-15(10)9-4-2-3-8(13)5-9/h2-6H,7H2,1H3,(H,16,17). The van der Waals surface area contributed by atoms with Gasteiger partial charge >= 0.3 is 5.97 Å². The first-order valence-electron chi connectivity index (χ1n) is 5.19. The maximum atomic E-state index is 13.1. The zero-order valence-electron chi connectivity index (χ0n) is 9.63. The Morgan fingerprint density at radius 2 is 2.28 bits per heavy atom. The van der Waals surface area contributed by atoms with E-state index >= 15 is 0 Å². The quantitative estimate of drug-likeness (QED) is 0.899. The lowest BCUT2D eigenvalue weighted by molar-refractivity contribution is 0.0690. The molecule has 0 atom stereocenters. The third-order valence-electron chi connectivity index (χ3n) is 2.35. The number of carbonyl (C=O) groups is 1. The van der Waals surface area contributed by atoms with E-state index in [4.69, 9.17) is 9.84 Å². The Bertz CT molecular complexity index is 580. The van der Waals surface area contributed by atoms with Crippen LogP contribution in [0.4, 0.5) is 4.39 Å². The molecule has 1 aromatic heterocycles. The van der Waals surface area contributed by atoms with Crippen LogP contribution in [0.2, 0.25) is 0 Å². The predicted octanol–water partition coefficient (Wildman–Crippen LogP) is 1.86. The fourth-order valence-electron chi connectivity index (χ4n) is 1.61. The van der Waals surface area contributed by atoms with Crippen LogP contribution in [0.1, 0.15) is 16.2 Å². The van der Waals surface area contributed by atoms with E-state index in [0.29, 0.717) is 11.4 Å². The number of hydrogen-bond acceptors (Lipinski definition) is 3. The van der Waals surface area contributed by atoms with E-state index in [1.165, 1.54) is 36.1 Å². The lowest BCUT2D eigenvalue weighted by atomic mass is 10.3. The summed E-state index contributed by atoms with van der Waals surface area (Å²) in [6.07, 6.45) is 0. The van der Waals surface area contributed by atoms with E-state index < -0.39 is 11.8 Å². The van der Waals surface area contributed by atoms with E-state index in [2.05, 4.69) is 5.10 Å². The Labute approximate surface area is 102 Å². The molecular weight excluding hydrogens is 239 g/mol. The zero-order valence-corrected chi connectivity index (χ0v) is 9.63. The number of carboxylic acid groups (broad SMARTS) is 1. The van der Waals surface area contributed by atoms with Crippen molar-refractivity contribution in [1.29, 1.82) is 0 Å². The highest BCUT2D eigenvalue weighted by atomic mass is 19.1. The highest BCUT2D eigenvalue weighted by Crippen LogP contribution is 2.15. The minimum atomic E-state index is -1.14. The summed E-state index contributed by atoms with van der Waals surface area (Å²) in [6, 6.07) is 7.15. The van der Waals surface area contributed by atoms with Gasteiger partial charge in [0.15, 0.2) is 5.69 Å². The summed E-state index contributed by atoms with van der Waals surface area (Å²) in [5.41, 5.74) is 0.890. The molecule has 0 aliphatic carbocycles. The second-order valence-electron chi connectivity index (χ2n) is 3.65. The monoisotopic (exact) mass is 250 g/mol. The Morgan fingerprint density at radius 1 is 1.50 bits per heavy atom. The summed E-state index contributed by atoms with van der Waals surface area (Å²) in [5, 5.41) is 12.8. The average Bonchev–Trinajstić information content (AvgIpc) is 2.74. The molecule has 2 aromatic rings. The van der Waals surface area contributed by atoms with Crippen LogP contribution in [-0.4, -0.2) is 28.0 Å². The van der Waals surface area contributed by atoms with Crippen molar-refractivity contribution < 1.29 is 19.0 Å². The van der Waals surface area contributed by atoms with E-state index in [1.54, 1.807) is 6.07 Å². The fraction of sp³-hybridized carbons (Fsp3) is 0.167. The van der Waals surface area contributed by atoms with Crippen LogP contribution in [0.15, 0.2) is 30.3 Å². The topological polar surface area (TPSA) is 64.3 Å². The lowest BCUT2D eigenvalue weighted by Crippen LogP contribution is -2.04. The van der Waals surface area contributed by atoms with E-state index in [-0.39, 0.29) is 12.3 Å². The van der Waals surface area contributed by atoms with Gasteiger partial charge in [-0.25, -0.2) is 13.9 Å². The second-order valence-corrected chi connectivity index (χ2v) is 3.65. The molecule has 2 rings (SSSR count). The molecule has 0 amide bonds. The second kappa shape index (κ2) is 4.97. The van der Waals surface area contributed by atoms with Crippen LogP contribution in [-0.2, 0) is 11.3 Å². The van der Waals surface area contributed by atoms with Gasteiger partial charge < -0.3 is 9.84 Å². The summed E-state index contributed by atoms with van der Waals surface area (Å²) in [6.45, 7) is 0.191. The summed E-state index contributed by atoms with van der Waals surface area (Å²) in [4.78, 5) is 10.9. The molecule has 0 fully saturated rings. The van der Waals surface area contributed by atoms with Gasteiger partial charge in [-0.05, 0) is 24.3 Å². The molecular formula is C12H11FN2O3. The van der Waals surface area contributed by atoms with Gasteiger partial charge in [0.2, 0.25) is 0 Å². The molecule has 0 saturated heterocycles. The van der Waals surface area contributed by atoms with Crippen LogP contribution in [0.5, 0.6) is 0 Å². The van der Waals surface area contributed by atoms with Crippen molar-refractivity contribution in [2.75, 3.05) is 7.11 Å². The van der Waals surface area contributed by atoms with E-state index in [0.717, 1.165) is 0 Å². The average molecular weight is 250 g/mol. The van der Waals surface area contributed by atoms with Crippen LogP contribution in [0.25, 0.3) is 5.69 Å². The molecule has 0 spiro atoms. The number of hydrogen-bond donors (Lipinski definition) is 1. The van der Waals surface area contributed by atoms with Crippen molar-refractivity contribution in [3.05, 3.63) is 47.5 Å². The van der Waals surface area contributed by atoms with Crippen molar-refractivity contribution in [2.45, 2.75) is 6.61 Å². The molecule has 0 saturated carbocycles. The minimum Gasteiger partial charge on any atom is -0.476 e. The molecule has 18 heavy (non-hydrogen) atoms. The minimum absolute atomic E-state index is 0.105. The molecule has 0 aliphatic rings. The van der Waals surface area contributed by atoms with Crippen LogP contribution in [0.3, 0.4) is 0 Å². The van der Waals surface area contributed by atoms with Gasteiger partial charge in [0.25, 0.3) is 0 Å². The number of halogens is 1. The molecule has 0 unspecified atom stereocenters. The number of carboxylic acids is 1. The van der Waals surface area contributed by atoms with Crippen molar-refractivity contribution in [3.8, 4) is 5.69 Å². The number of aromatic nitrogens is 2. The number of rotatable bonds is 4. The van der Waals surface area contributed by atoms with Crippen molar-refractivity contribution in [1.82, 2.24) is 9.78 Å². The zero-order chi connectivity index (χ0) is 13.1.